The number of non-ortho nitro benzene ring substituents is 1. The van der Waals surface area contributed by atoms with E-state index in [4.69, 9.17) is 4.74 Å². The lowest BCUT2D eigenvalue weighted by Crippen LogP contribution is -2.51. The Bertz CT molecular complexity index is 635. The van der Waals surface area contributed by atoms with Crippen LogP contribution in [0, 0.1) is 10.1 Å². The van der Waals surface area contributed by atoms with Gasteiger partial charge in [-0.1, -0.05) is 12.1 Å². The third-order valence-corrected chi connectivity index (χ3v) is 6.35. The van der Waals surface area contributed by atoms with Gasteiger partial charge < -0.3 is 25.3 Å². The van der Waals surface area contributed by atoms with Crippen LogP contribution in [0.1, 0.15) is 25.3 Å². The van der Waals surface area contributed by atoms with Crippen LogP contribution in [0.4, 0.5) is 5.69 Å². The molecule has 1 heterocycles. The molecule has 2 unspecified atom stereocenters. The fraction of sp³-hybridized carbons (Fsp3) is 0.700. The van der Waals surface area contributed by atoms with Crippen molar-refractivity contribution in [1.29, 1.82) is 0 Å². The van der Waals surface area contributed by atoms with E-state index >= 15 is 0 Å². The maximum atomic E-state index is 12.6. The smallest absolute Gasteiger partial charge is 0.269 e. The van der Waals surface area contributed by atoms with E-state index in [0.29, 0.717) is 13.0 Å². The highest BCUT2D eigenvalue weighted by molar-refractivity contribution is 7.25. The van der Waals surface area contributed by atoms with Crippen molar-refractivity contribution in [2.45, 2.75) is 31.7 Å². The average molecular weight is 442 g/mol. The van der Waals surface area contributed by atoms with E-state index in [1.165, 1.54) is 12.1 Å². The third-order valence-electron chi connectivity index (χ3n) is 5.24. The summed E-state index contributed by atoms with van der Waals surface area (Å²) >= 11 is 0. The summed E-state index contributed by atoms with van der Waals surface area (Å²) in [5, 5.41) is 21.3. The lowest BCUT2D eigenvalue weighted by molar-refractivity contribution is -0.384. The molecule has 0 radical (unpaired) electrons. The minimum atomic E-state index is -1.25. The third kappa shape index (κ3) is 8.06. The summed E-state index contributed by atoms with van der Waals surface area (Å²) in [6, 6.07) is 6.46. The number of nitro benzene ring substituents is 1. The number of nitrogens with zero attached hydrogens (tertiary/aromatic N) is 2. The van der Waals surface area contributed by atoms with Crippen molar-refractivity contribution < 1.29 is 14.2 Å². The molecule has 1 aromatic carbocycles. The maximum absolute atomic E-state index is 12.6. The molecule has 0 amide bonds. The summed E-state index contributed by atoms with van der Waals surface area (Å²) in [4.78, 5) is 12.7. The summed E-state index contributed by atoms with van der Waals surface area (Å²) < 4.78 is 18.7. The maximum Gasteiger partial charge on any atom is 0.269 e. The number of nitro groups is 1. The normalized spacial score (nSPS) is 20.6. The zero-order chi connectivity index (χ0) is 21.7. The second kappa shape index (κ2) is 13.9. The van der Waals surface area contributed by atoms with Crippen LogP contribution >= 0.6 is 8.46 Å². The van der Waals surface area contributed by atoms with Gasteiger partial charge >= 0.3 is 0 Å². The lowest BCUT2D eigenvalue weighted by atomic mass is 10.1. The van der Waals surface area contributed by atoms with Crippen LogP contribution in [0.2, 0.25) is 0 Å². The zero-order valence-electron chi connectivity index (χ0n) is 17.9. The van der Waals surface area contributed by atoms with Gasteiger partial charge in [0.05, 0.1) is 4.92 Å². The number of rotatable bonds is 7. The van der Waals surface area contributed by atoms with E-state index in [0.717, 1.165) is 70.8 Å². The quantitative estimate of drug-likeness (QED) is 0.331. The molecule has 0 saturated carbocycles. The van der Waals surface area contributed by atoms with Gasteiger partial charge in [-0.2, -0.15) is 0 Å². The predicted octanol–water partition coefficient (Wildman–Crippen LogP) is 1.45. The summed E-state index contributed by atoms with van der Waals surface area (Å²) in [5.74, 6) is 0. The highest BCUT2D eigenvalue weighted by Crippen LogP contribution is 2.34. The first-order chi connectivity index (χ1) is 14.6. The van der Waals surface area contributed by atoms with E-state index in [9.17, 15) is 14.7 Å². The minimum absolute atomic E-state index is 0.0540. The summed E-state index contributed by atoms with van der Waals surface area (Å²) in [6.07, 6.45) is 2.43. The van der Waals surface area contributed by atoms with E-state index in [1.54, 1.807) is 12.1 Å². The monoisotopic (exact) mass is 441 g/mol. The van der Waals surface area contributed by atoms with Crippen LogP contribution in [-0.4, -0.2) is 74.3 Å². The Morgan fingerprint density at radius 3 is 2.27 bits per heavy atom. The van der Waals surface area contributed by atoms with Crippen LogP contribution in [-0.2, 0) is 15.7 Å². The summed E-state index contributed by atoms with van der Waals surface area (Å²) in [7, 11) is -1.25. The number of hydrogen-bond donors (Lipinski definition) is 3. The van der Waals surface area contributed by atoms with E-state index in [1.807, 2.05) is 6.92 Å². The van der Waals surface area contributed by atoms with Crippen molar-refractivity contribution in [1.82, 2.24) is 20.9 Å². The number of hydrogen-bond acceptors (Lipinski definition) is 8. The summed E-state index contributed by atoms with van der Waals surface area (Å²) in [5.41, 5.74) is 0.0535. The fourth-order valence-corrected chi connectivity index (χ4v) is 4.63. The Labute approximate surface area is 180 Å². The van der Waals surface area contributed by atoms with Crippen molar-refractivity contribution in [2.24, 2.45) is 0 Å². The molecule has 0 spiro atoms. The van der Waals surface area contributed by atoms with Gasteiger partial charge in [0, 0.05) is 57.9 Å². The molecule has 1 aliphatic rings. The molecule has 1 saturated heterocycles. The lowest BCUT2D eigenvalue weighted by Gasteiger charge is -2.40. The molecule has 1 aliphatic heterocycles. The topological polar surface area (TPSA) is 109 Å². The van der Waals surface area contributed by atoms with Crippen molar-refractivity contribution in [3.05, 3.63) is 39.9 Å². The summed E-state index contributed by atoms with van der Waals surface area (Å²) in [6.45, 7) is 9.36. The number of nitrogens with one attached hydrogen (secondary N) is 3. The van der Waals surface area contributed by atoms with Gasteiger partial charge in [-0.15, -0.1) is 0 Å². The molecular weight excluding hydrogens is 405 g/mol. The molecule has 1 aromatic rings. The highest BCUT2D eigenvalue weighted by Gasteiger charge is 2.36. The molecular formula is C20H36N5O4P. The first-order valence-corrected chi connectivity index (χ1v) is 11.9. The molecule has 170 valence electrons. The predicted molar refractivity (Wildman–Crippen MR) is 121 cm³/mol. The van der Waals surface area contributed by atoms with Crippen LogP contribution in [0.15, 0.2) is 24.3 Å². The van der Waals surface area contributed by atoms with Crippen molar-refractivity contribution >= 4 is 14.1 Å². The molecule has 3 N–H and O–H groups in total. The number of ether oxygens (including phenoxy) is 1. The Hall–Kier alpha value is -1.35. The van der Waals surface area contributed by atoms with E-state index in [2.05, 4.69) is 20.9 Å². The van der Waals surface area contributed by atoms with Crippen LogP contribution in [0.25, 0.3) is 0 Å². The Kier molecular flexibility index (Phi) is 11.5. The highest BCUT2D eigenvalue weighted by atomic mass is 31.1. The second-order valence-corrected chi connectivity index (χ2v) is 8.58. The van der Waals surface area contributed by atoms with Gasteiger partial charge in [-0.25, -0.2) is 0 Å². The van der Waals surface area contributed by atoms with Crippen molar-refractivity contribution in [3.63, 3.8) is 0 Å². The fourth-order valence-electron chi connectivity index (χ4n) is 3.67. The van der Waals surface area contributed by atoms with Crippen molar-refractivity contribution in [3.8, 4) is 0 Å². The molecule has 0 bridgehead atoms. The molecule has 1 fully saturated rings. The number of benzene rings is 1. The first-order valence-electron chi connectivity index (χ1n) is 10.8. The van der Waals surface area contributed by atoms with Gasteiger partial charge in [-0.05, 0) is 45.0 Å². The molecule has 9 nitrogen and oxygen atoms in total. The van der Waals surface area contributed by atoms with Gasteiger partial charge in [0.2, 0.25) is 0 Å². The molecule has 2 rings (SSSR count). The van der Waals surface area contributed by atoms with Crippen LogP contribution < -0.4 is 16.0 Å². The molecule has 0 aromatic heterocycles. The van der Waals surface area contributed by atoms with Gasteiger partial charge in [0.15, 0.2) is 5.47 Å². The largest absolute Gasteiger partial charge is 0.354 e. The van der Waals surface area contributed by atoms with Crippen LogP contribution in [0.5, 0.6) is 0 Å². The molecule has 10 heteroatoms. The molecule has 2 atom stereocenters. The average Bonchev–Trinajstić information content (AvgIpc) is 2.75. The minimum Gasteiger partial charge on any atom is -0.354 e. The van der Waals surface area contributed by atoms with Crippen molar-refractivity contribution in [2.75, 3.05) is 59.0 Å². The van der Waals surface area contributed by atoms with Gasteiger partial charge in [0.25, 0.3) is 5.69 Å². The van der Waals surface area contributed by atoms with Gasteiger partial charge in [-0.3, -0.25) is 15.0 Å². The van der Waals surface area contributed by atoms with E-state index < -0.39 is 18.8 Å². The molecule has 0 aliphatic carbocycles. The Morgan fingerprint density at radius 1 is 1.03 bits per heavy atom. The first kappa shape index (κ1) is 24.9. The Morgan fingerprint density at radius 2 is 1.67 bits per heavy atom. The SMILES string of the molecule is CCOC(Cc1ccc([N+](=O)[O-])cc1)([PH2]=O)N1CCCNCCNCCCNCC1. The standard InChI is InChI=1S/C20H36N5O4P/c1-2-29-20(30-28,17-18-5-7-19(8-6-18)25(26)27)24-15-4-11-22-13-12-21-9-3-10-23-14-16-24/h5-8,21-23H,2-4,9-17,30H2,1H3. The molecule has 30 heavy (non-hydrogen) atoms. The van der Waals surface area contributed by atoms with E-state index in [-0.39, 0.29) is 5.69 Å². The zero-order valence-corrected chi connectivity index (χ0v) is 19.1. The van der Waals surface area contributed by atoms with Gasteiger partial charge in [0.1, 0.15) is 8.46 Å². The van der Waals surface area contributed by atoms with Crippen LogP contribution in [0.3, 0.4) is 0 Å². The Balaban J connectivity index is 2.15. The second-order valence-electron chi connectivity index (χ2n) is 7.44.